The molecule has 2 aromatic rings. The summed E-state index contributed by atoms with van der Waals surface area (Å²) in [5.41, 5.74) is 1.25. The normalized spacial score (nSPS) is 11.3. The Morgan fingerprint density at radius 3 is 2.94 bits per heavy atom. The lowest BCUT2D eigenvalue weighted by molar-refractivity contribution is 0.317. The Morgan fingerprint density at radius 1 is 1.44 bits per heavy atom. The monoisotopic (exact) mass is 328 g/mol. The van der Waals surface area contributed by atoms with Gasteiger partial charge in [0, 0.05) is 33.4 Å². The number of furan rings is 1. The summed E-state index contributed by atoms with van der Waals surface area (Å²) in [4.78, 5) is 3.66. The fourth-order valence-electron chi connectivity index (χ4n) is 1.87. The van der Waals surface area contributed by atoms with E-state index in [1.807, 2.05) is 13.1 Å². The molecule has 0 bridgehead atoms. The van der Waals surface area contributed by atoms with E-state index < -0.39 is 0 Å². The Labute approximate surface area is 120 Å². The van der Waals surface area contributed by atoms with Crippen LogP contribution in [0.5, 0.6) is 0 Å². The first-order valence-corrected chi connectivity index (χ1v) is 7.47. The molecule has 0 unspecified atom stereocenters. The third-order valence-corrected chi connectivity index (χ3v) is 4.35. The van der Waals surface area contributed by atoms with Gasteiger partial charge in [-0.3, -0.25) is 4.90 Å². The molecule has 0 saturated heterocycles. The highest BCUT2D eigenvalue weighted by Crippen LogP contribution is 2.22. The summed E-state index contributed by atoms with van der Waals surface area (Å²) in [5.74, 6) is 1.02. The van der Waals surface area contributed by atoms with E-state index in [0.717, 1.165) is 29.9 Å². The Kier molecular flexibility index (Phi) is 5.00. The van der Waals surface area contributed by atoms with Gasteiger partial charge in [-0.2, -0.15) is 0 Å². The van der Waals surface area contributed by atoms with Gasteiger partial charge < -0.3 is 9.73 Å². The lowest BCUT2D eigenvalue weighted by atomic mass is 10.2. The van der Waals surface area contributed by atoms with Crippen molar-refractivity contribution in [3.05, 3.63) is 44.4 Å². The zero-order chi connectivity index (χ0) is 13.0. The SMILES string of the molecule is CNCc1occc1CN(C)Cc1cc(Br)cs1. The summed E-state index contributed by atoms with van der Waals surface area (Å²) in [6, 6.07) is 4.22. The second-order valence-corrected chi connectivity index (χ2v) is 6.21. The highest BCUT2D eigenvalue weighted by Gasteiger charge is 2.09. The average molecular weight is 329 g/mol. The first-order valence-electron chi connectivity index (χ1n) is 5.80. The van der Waals surface area contributed by atoms with Gasteiger partial charge in [0.1, 0.15) is 5.76 Å². The molecule has 0 aliphatic heterocycles. The molecule has 0 saturated carbocycles. The van der Waals surface area contributed by atoms with Gasteiger partial charge in [0.05, 0.1) is 12.8 Å². The summed E-state index contributed by atoms with van der Waals surface area (Å²) >= 11 is 5.26. The number of rotatable bonds is 6. The molecule has 18 heavy (non-hydrogen) atoms. The summed E-state index contributed by atoms with van der Waals surface area (Å²) in [6.45, 7) is 2.64. The van der Waals surface area contributed by atoms with Crippen molar-refractivity contribution in [2.75, 3.05) is 14.1 Å². The van der Waals surface area contributed by atoms with Crippen molar-refractivity contribution in [3.63, 3.8) is 0 Å². The number of nitrogens with zero attached hydrogens (tertiary/aromatic N) is 1. The summed E-state index contributed by atoms with van der Waals surface area (Å²) in [5, 5.41) is 5.24. The van der Waals surface area contributed by atoms with E-state index in [2.05, 4.69) is 44.6 Å². The molecule has 5 heteroatoms. The lowest BCUT2D eigenvalue weighted by Gasteiger charge is -2.15. The first-order chi connectivity index (χ1) is 8.69. The molecule has 0 fully saturated rings. The van der Waals surface area contributed by atoms with Crippen molar-refractivity contribution >= 4 is 27.3 Å². The van der Waals surface area contributed by atoms with Gasteiger partial charge in [-0.25, -0.2) is 0 Å². The molecular formula is C13H17BrN2OS. The van der Waals surface area contributed by atoms with Crippen molar-refractivity contribution in [1.29, 1.82) is 0 Å². The van der Waals surface area contributed by atoms with E-state index in [1.54, 1.807) is 17.6 Å². The molecule has 1 N–H and O–H groups in total. The van der Waals surface area contributed by atoms with E-state index in [0.29, 0.717) is 0 Å². The highest BCUT2D eigenvalue weighted by molar-refractivity contribution is 9.10. The molecule has 3 nitrogen and oxygen atoms in total. The fraction of sp³-hybridized carbons (Fsp3) is 0.385. The van der Waals surface area contributed by atoms with Crippen LogP contribution in [0.2, 0.25) is 0 Å². The molecule has 0 aromatic carbocycles. The second kappa shape index (κ2) is 6.52. The van der Waals surface area contributed by atoms with Gasteiger partial charge in [-0.1, -0.05) is 0 Å². The highest BCUT2D eigenvalue weighted by atomic mass is 79.9. The van der Waals surface area contributed by atoms with Gasteiger partial charge in [0.2, 0.25) is 0 Å². The fourth-order valence-corrected chi connectivity index (χ4v) is 3.40. The van der Waals surface area contributed by atoms with Crippen molar-refractivity contribution in [1.82, 2.24) is 10.2 Å². The van der Waals surface area contributed by atoms with Crippen LogP contribution in [0.1, 0.15) is 16.2 Å². The van der Waals surface area contributed by atoms with E-state index in [4.69, 9.17) is 4.42 Å². The van der Waals surface area contributed by atoms with E-state index in [9.17, 15) is 0 Å². The van der Waals surface area contributed by atoms with Crippen LogP contribution in [0, 0.1) is 0 Å². The van der Waals surface area contributed by atoms with Crippen molar-refractivity contribution in [3.8, 4) is 0 Å². The number of hydrogen-bond donors (Lipinski definition) is 1. The largest absolute Gasteiger partial charge is 0.468 e. The summed E-state index contributed by atoms with van der Waals surface area (Å²) in [6.07, 6.45) is 1.76. The topological polar surface area (TPSA) is 28.4 Å². The Morgan fingerprint density at radius 2 is 2.28 bits per heavy atom. The third-order valence-electron chi connectivity index (χ3n) is 2.66. The van der Waals surface area contributed by atoms with Crippen LogP contribution in [-0.4, -0.2) is 19.0 Å². The minimum atomic E-state index is 0.778. The first kappa shape index (κ1) is 13.8. The van der Waals surface area contributed by atoms with Crippen LogP contribution >= 0.6 is 27.3 Å². The Bertz CT molecular complexity index is 495. The van der Waals surface area contributed by atoms with Gasteiger partial charge >= 0.3 is 0 Å². The molecule has 2 aromatic heterocycles. The second-order valence-electron chi connectivity index (χ2n) is 4.30. The van der Waals surface area contributed by atoms with E-state index in [1.165, 1.54) is 10.4 Å². The smallest absolute Gasteiger partial charge is 0.122 e. The van der Waals surface area contributed by atoms with Crippen molar-refractivity contribution in [2.45, 2.75) is 19.6 Å². The molecule has 0 amide bonds. The number of nitrogens with one attached hydrogen (secondary N) is 1. The molecule has 98 valence electrons. The van der Waals surface area contributed by atoms with E-state index in [-0.39, 0.29) is 0 Å². The van der Waals surface area contributed by atoms with Gasteiger partial charge in [-0.05, 0) is 42.2 Å². The van der Waals surface area contributed by atoms with Gasteiger partial charge in [0.15, 0.2) is 0 Å². The number of thiophene rings is 1. The molecule has 0 aliphatic carbocycles. The molecule has 0 spiro atoms. The van der Waals surface area contributed by atoms with Crippen LogP contribution in [0.15, 0.2) is 32.7 Å². The maximum Gasteiger partial charge on any atom is 0.122 e. The Balaban J connectivity index is 1.94. The minimum Gasteiger partial charge on any atom is -0.468 e. The van der Waals surface area contributed by atoms with Crippen LogP contribution in [0.25, 0.3) is 0 Å². The molecule has 0 radical (unpaired) electrons. The molecule has 2 rings (SSSR count). The molecular weight excluding hydrogens is 312 g/mol. The lowest BCUT2D eigenvalue weighted by Crippen LogP contribution is -2.17. The number of halogens is 1. The van der Waals surface area contributed by atoms with Gasteiger partial charge in [-0.15, -0.1) is 11.3 Å². The Hall–Kier alpha value is -0.620. The summed E-state index contributed by atoms with van der Waals surface area (Å²) < 4.78 is 6.63. The van der Waals surface area contributed by atoms with Crippen LogP contribution in [0.3, 0.4) is 0 Å². The molecule has 0 aliphatic rings. The van der Waals surface area contributed by atoms with Crippen molar-refractivity contribution < 1.29 is 4.42 Å². The molecule has 0 atom stereocenters. The van der Waals surface area contributed by atoms with Crippen LogP contribution in [-0.2, 0) is 19.6 Å². The number of hydrogen-bond acceptors (Lipinski definition) is 4. The zero-order valence-corrected chi connectivity index (χ0v) is 13.0. The summed E-state index contributed by atoms with van der Waals surface area (Å²) in [7, 11) is 4.06. The van der Waals surface area contributed by atoms with Crippen molar-refractivity contribution in [2.24, 2.45) is 0 Å². The maximum atomic E-state index is 5.47. The van der Waals surface area contributed by atoms with E-state index >= 15 is 0 Å². The third kappa shape index (κ3) is 3.68. The zero-order valence-electron chi connectivity index (χ0n) is 10.6. The van der Waals surface area contributed by atoms with Gasteiger partial charge in [0.25, 0.3) is 0 Å². The van der Waals surface area contributed by atoms with Crippen LogP contribution in [0.4, 0.5) is 0 Å². The standard InChI is InChI=1S/C13H17BrN2OS/c1-15-6-13-10(3-4-17-13)7-16(2)8-12-5-11(14)9-18-12/h3-5,9,15H,6-8H2,1-2H3. The minimum absolute atomic E-state index is 0.778. The molecule has 2 heterocycles. The quantitative estimate of drug-likeness (QED) is 0.880. The predicted molar refractivity (Wildman–Crippen MR) is 78.7 cm³/mol. The van der Waals surface area contributed by atoms with Crippen LogP contribution < -0.4 is 5.32 Å². The average Bonchev–Trinajstić information content (AvgIpc) is 2.90. The predicted octanol–water partition coefficient (Wildman–Crippen LogP) is 3.46. The maximum absolute atomic E-state index is 5.47.